The average Bonchev–Trinajstić information content (AvgIpc) is 3.08. The first kappa shape index (κ1) is 16.0. The number of thiophene rings is 1. The molecule has 0 saturated carbocycles. The molecule has 6 heteroatoms. The number of hydrogen-bond donors (Lipinski definition) is 0. The maximum atomic E-state index is 12.8. The lowest BCUT2D eigenvalue weighted by Crippen LogP contribution is -2.50. The maximum Gasteiger partial charge on any atom is 0.261 e. The summed E-state index contributed by atoms with van der Waals surface area (Å²) in [6.07, 6.45) is 0.993. The lowest BCUT2D eigenvalue weighted by Gasteiger charge is -2.35. The van der Waals surface area contributed by atoms with Crippen molar-refractivity contribution in [1.29, 1.82) is 0 Å². The van der Waals surface area contributed by atoms with Crippen LogP contribution in [0, 0.1) is 0 Å². The Bertz CT molecular complexity index is 873. The van der Waals surface area contributed by atoms with E-state index in [1.54, 1.807) is 34.4 Å². The molecule has 0 unspecified atom stereocenters. The summed E-state index contributed by atoms with van der Waals surface area (Å²) in [6, 6.07) is 9.12. The SMILES string of the molecule is C[C@@H]1c2ccsc2CCN1C(=O)CN1C(=O)Cc2ccccc2C1=O. The molecule has 0 aliphatic carbocycles. The lowest BCUT2D eigenvalue weighted by molar-refractivity contribution is -0.140. The summed E-state index contributed by atoms with van der Waals surface area (Å²) in [5.41, 5.74) is 2.42. The van der Waals surface area contributed by atoms with Crippen molar-refractivity contribution >= 4 is 29.1 Å². The van der Waals surface area contributed by atoms with Crippen molar-refractivity contribution in [3.8, 4) is 0 Å². The molecule has 0 fully saturated rings. The molecule has 0 saturated heterocycles. The van der Waals surface area contributed by atoms with Crippen LogP contribution in [0.25, 0.3) is 0 Å². The number of imide groups is 1. The Morgan fingerprint density at radius 1 is 1.24 bits per heavy atom. The van der Waals surface area contributed by atoms with Gasteiger partial charge in [-0.05, 0) is 42.0 Å². The summed E-state index contributed by atoms with van der Waals surface area (Å²) in [5, 5.41) is 2.05. The molecule has 1 atom stereocenters. The Kier molecular flexibility index (Phi) is 3.92. The van der Waals surface area contributed by atoms with Gasteiger partial charge in [-0.15, -0.1) is 11.3 Å². The van der Waals surface area contributed by atoms with Crippen LogP contribution in [0.5, 0.6) is 0 Å². The van der Waals surface area contributed by atoms with E-state index in [1.165, 1.54) is 10.4 Å². The number of benzene rings is 1. The summed E-state index contributed by atoms with van der Waals surface area (Å²) in [6.45, 7) is 2.44. The molecule has 1 aromatic carbocycles. The van der Waals surface area contributed by atoms with Crippen LogP contribution in [0.2, 0.25) is 0 Å². The second-order valence-corrected chi connectivity index (χ2v) is 7.43. The Balaban J connectivity index is 1.54. The standard InChI is InChI=1S/C19H18N2O3S/c1-12-14-7-9-25-16(14)6-8-20(12)18(23)11-21-17(22)10-13-4-2-3-5-15(13)19(21)24/h2-5,7,9,12H,6,8,10-11H2,1H3/t12-/m1/s1. The molecule has 2 aliphatic rings. The van der Waals surface area contributed by atoms with Crippen LogP contribution < -0.4 is 0 Å². The van der Waals surface area contributed by atoms with E-state index < -0.39 is 0 Å². The maximum absolute atomic E-state index is 12.8. The summed E-state index contributed by atoms with van der Waals surface area (Å²) >= 11 is 1.71. The van der Waals surface area contributed by atoms with Gasteiger partial charge in [0.2, 0.25) is 11.8 Å². The van der Waals surface area contributed by atoms with Crippen molar-refractivity contribution < 1.29 is 14.4 Å². The summed E-state index contributed by atoms with van der Waals surface area (Å²) < 4.78 is 0. The van der Waals surface area contributed by atoms with Gasteiger partial charge in [-0.2, -0.15) is 0 Å². The van der Waals surface area contributed by atoms with Crippen LogP contribution >= 0.6 is 11.3 Å². The van der Waals surface area contributed by atoms with Gasteiger partial charge in [0.15, 0.2) is 0 Å². The number of nitrogens with zero attached hydrogens (tertiary/aromatic N) is 2. The Morgan fingerprint density at radius 3 is 2.88 bits per heavy atom. The van der Waals surface area contributed by atoms with E-state index in [0.29, 0.717) is 12.1 Å². The molecule has 0 radical (unpaired) electrons. The topological polar surface area (TPSA) is 57.7 Å². The van der Waals surface area contributed by atoms with Gasteiger partial charge in [-0.25, -0.2) is 0 Å². The number of rotatable bonds is 2. The van der Waals surface area contributed by atoms with Gasteiger partial charge in [0.05, 0.1) is 12.5 Å². The van der Waals surface area contributed by atoms with E-state index in [0.717, 1.165) is 16.9 Å². The van der Waals surface area contributed by atoms with Gasteiger partial charge in [0.25, 0.3) is 5.91 Å². The van der Waals surface area contributed by atoms with Crippen LogP contribution in [-0.2, 0) is 22.4 Å². The fraction of sp³-hybridized carbons (Fsp3) is 0.316. The Labute approximate surface area is 149 Å². The normalized spacial score (nSPS) is 19.6. The molecule has 128 valence electrons. The zero-order valence-corrected chi connectivity index (χ0v) is 14.7. The highest BCUT2D eigenvalue weighted by Gasteiger charge is 2.35. The average molecular weight is 354 g/mol. The fourth-order valence-electron chi connectivity index (χ4n) is 3.64. The second kappa shape index (κ2) is 6.11. The predicted octanol–water partition coefficient (Wildman–Crippen LogP) is 2.42. The molecular weight excluding hydrogens is 336 g/mol. The molecule has 25 heavy (non-hydrogen) atoms. The van der Waals surface area contributed by atoms with Crippen LogP contribution in [0.4, 0.5) is 0 Å². The molecule has 0 spiro atoms. The largest absolute Gasteiger partial charge is 0.334 e. The van der Waals surface area contributed by atoms with Crippen molar-refractivity contribution in [2.24, 2.45) is 0 Å². The minimum atomic E-state index is -0.374. The van der Waals surface area contributed by atoms with Crippen LogP contribution in [0.1, 0.15) is 39.3 Å². The molecule has 0 bridgehead atoms. The van der Waals surface area contributed by atoms with Gasteiger partial charge >= 0.3 is 0 Å². The highest BCUT2D eigenvalue weighted by Crippen LogP contribution is 2.33. The van der Waals surface area contributed by atoms with Gasteiger partial charge in [-0.3, -0.25) is 19.3 Å². The quantitative estimate of drug-likeness (QED) is 0.778. The molecule has 5 nitrogen and oxygen atoms in total. The number of fused-ring (bicyclic) bond motifs is 2. The lowest BCUT2D eigenvalue weighted by atomic mass is 9.98. The van der Waals surface area contributed by atoms with E-state index in [9.17, 15) is 14.4 Å². The van der Waals surface area contributed by atoms with E-state index >= 15 is 0 Å². The van der Waals surface area contributed by atoms with E-state index in [4.69, 9.17) is 0 Å². The first-order valence-corrected chi connectivity index (χ1v) is 9.22. The predicted molar refractivity (Wildman–Crippen MR) is 94.3 cm³/mol. The van der Waals surface area contributed by atoms with Gasteiger partial charge in [0, 0.05) is 17.0 Å². The molecule has 2 aromatic rings. The van der Waals surface area contributed by atoms with E-state index in [2.05, 4.69) is 6.07 Å². The number of hydrogen-bond acceptors (Lipinski definition) is 4. The third-order valence-corrected chi connectivity index (χ3v) is 6.02. The monoisotopic (exact) mass is 354 g/mol. The zero-order valence-electron chi connectivity index (χ0n) is 13.9. The highest BCUT2D eigenvalue weighted by molar-refractivity contribution is 7.10. The minimum Gasteiger partial charge on any atom is -0.334 e. The zero-order chi connectivity index (χ0) is 17.6. The van der Waals surface area contributed by atoms with Crippen molar-refractivity contribution in [3.05, 3.63) is 57.3 Å². The summed E-state index contributed by atoms with van der Waals surface area (Å²) in [7, 11) is 0. The van der Waals surface area contributed by atoms with E-state index in [-0.39, 0.29) is 36.7 Å². The number of amides is 3. The summed E-state index contributed by atoms with van der Waals surface area (Å²) in [5.74, 6) is -0.857. The van der Waals surface area contributed by atoms with Crippen molar-refractivity contribution in [2.45, 2.75) is 25.8 Å². The first-order valence-electron chi connectivity index (χ1n) is 8.34. The van der Waals surface area contributed by atoms with Crippen molar-refractivity contribution in [2.75, 3.05) is 13.1 Å². The van der Waals surface area contributed by atoms with Gasteiger partial charge in [0.1, 0.15) is 6.54 Å². The third kappa shape index (κ3) is 2.66. The van der Waals surface area contributed by atoms with Crippen LogP contribution in [-0.4, -0.2) is 40.6 Å². The smallest absolute Gasteiger partial charge is 0.261 e. The van der Waals surface area contributed by atoms with Gasteiger partial charge < -0.3 is 4.90 Å². The number of carbonyl (C=O) groups is 3. The minimum absolute atomic E-state index is 0.0234. The molecule has 0 N–H and O–H groups in total. The third-order valence-electron chi connectivity index (χ3n) is 5.03. The molecule has 4 rings (SSSR count). The summed E-state index contributed by atoms with van der Waals surface area (Å²) in [4.78, 5) is 42.0. The molecular formula is C19H18N2O3S. The number of carbonyl (C=O) groups excluding carboxylic acids is 3. The second-order valence-electron chi connectivity index (χ2n) is 6.43. The fourth-order valence-corrected chi connectivity index (χ4v) is 4.60. The highest BCUT2D eigenvalue weighted by atomic mass is 32.1. The van der Waals surface area contributed by atoms with Crippen LogP contribution in [0.3, 0.4) is 0 Å². The van der Waals surface area contributed by atoms with Gasteiger partial charge in [-0.1, -0.05) is 18.2 Å². The Hall–Kier alpha value is -2.47. The molecule has 3 heterocycles. The first-order chi connectivity index (χ1) is 12.1. The van der Waals surface area contributed by atoms with Crippen molar-refractivity contribution in [3.63, 3.8) is 0 Å². The van der Waals surface area contributed by atoms with E-state index in [1.807, 2.05) is 18.4 Å². The molecule has 2 aliphatic heterocycles. The Morgan fingerprint density at radius 2 is 2.04 bits per heavy atom. The molecule has 3 amide bonds. The van der Waals surface area contributed by atoms with Crippen molar-refractivity contribution in [1.82, 2.24) is 9.80 Å². The molecule has 1 aromatic heterocycles. The van der Waals surface area contributed by atoms with Crippen LogP contribution in [0.15, 0.2) is 35.7 Å².